The molecule has 0 aliphatic heterocycles. The Morgan fingerprint density at radius 1 is 1.14 bits per heavy atom. The van der Waals surface area contributed by atoms with Crippen LogP contribution in [0.15, 0.2) is 0 Å². The summed E-state index contributed by atoms with van der Waals surface area (Å²) in [4.78, 5) is 0. The van der Waals surface area contributed by atoms with Crippen molar-refractivity contribution in [1.29, 1.82) is 0 Å². The second kappa shape index (κ2) is 2.15. The van der Waals surface area contributed by atoms with Crippen LogP contribution in [0.5, 0.6) is 0 Å². The summed E-state index contributed by atoms with van der Waals surface area (Å²) < 4.78 is 1.48. The van der Waals surface area contributed by atoms with Crippen molar-refractivity contribution >= 4 is 42.1 Å². The van der Waals surface area contributed by atoms with E-state index in [9.17, 15) is 0 Å². The molecule has 46 valence electrons. The van der Waals surface area contributed by atoms with Crippen LogP contribution in [0.25, 0.3) is 0 Å². The summed E-state index contributed by atoms with van der Waals surface area (Å²) >= 11 is 0. The molecule has 7 heavy (non-hydrogen) atoms. The molecule has 0 unspecified atom stereocenters. The molecule has 0 rings (SSSR count). The van der Waals surface area contributed by atoms with E-state index in [0.29, 0.717) is 0 Å². The monoisotopic (exact) mass is 352 g/mol. The van der Waals surface area contributed by atoms with Gasteiger partial charge in [0.2, 0.25) is 0 Å². The Kier molecular flexibility index (Phi) is 2.68. The van der Waals surface area contributed by atoms with E-state index in [1.807, 2.05) is 0 Å². The number of halogens is 4. The molecule has 0 spiro atoms. The molecule has 0 heterocycles. The van der Waals surface area contributed by atoms with Crippen molar-refractivity contribution in [3.63, 3.8) is 0 Å². The van der Waals surface area contributed by atoms with Gasteiger partial charge in [-0.05, 0) is 0 Å². The quantitative estimate of drug-likeness (QED) is 0.628. The summed E-state index contributed by atoms with van der Waals surface area (Å²) in [5, 5.41) is 0. The fourth-order valence-electron chi connectivity index (χ4n) is 0. The predicted molar refractivity (Wildman–Crippen MR) is 35.2 cm³/mol. The van der Waals surface area contributed by atoms with Crippen molar-refractivity contribution in [2.24, 2.45) is 0 Å². The summed E-state index contributed by atoms with van der Waals surface area (Å²) in [6, 6.07) is 0. The molecular weight excluding hydrogens is 350 g/mol. The molecule has 0 radical (unpaired) electrons. The van der Waals surface area contributed by atoms with Crippen LogP contribution < -0.4 is 0 Å². The van der Waals surface area contributed by atoms with Crippen molar-refractivity contribution in [1.82, 2.24) is 0 Å². The molecule has 5 heteroatoms. The summed E-state index contributed by atoms with van der Waals surface area (Å²) in [5.74, 6) is 0. The third-order valence-corrected chi connectivity index (χ3v) is 8.75. The van der Waals surface area contributed by atoms with E-state index in [0.717, 1.165) is 0 Å². The maximum absolute atomic E-state index is 5.42. The summed E-state index contributed by atoms with van der Waals surface area (Å²) in [7, 11) is 17.6. The van der Waals surface area contributed by atoms with E-state index >= 15 is 0 Å². The van der Waals surface area contributed by atoms with E-state index in [4.69, 9.17) is 37.7 Å². The van der Waals surface area contributed by atoms with Gasteiger partial charge < -0.3 is 0 Å². The van der Waals surface area contributed by atoms with Crippen molar-refractivity contribution in [2.45, 2.75) is 6.92 Å². The molecule has 0 saturated carbocycles. The molecule has 0 bridgehead atoms. The topological polar surface area (TPSA) is 0 Å². The second-order valence-electron chi connectivity index (χ2n) is 0.942. The molecule has 0 saturated heterocycles. The van der Waals surface area contributed by atoms with Gasteiger partial charge >= 0.3 is 59.2 Å². The van der Waals surface area contributed by atoms with Crippen LogP contribution in [-0.2, 0) is 10.2 Å². The number of hydrogen-bond acceptors (Lipinski definition) is 0. The Balaban J connectivity index is 4.47. The summed E-state index contributed by atoms with van der Waals surface area (Å²) in [6.07, 6.45) is 0. The number of rotatable bonds is 0. The zero-order valence-corrected chi connectivity index (χ0v) is 9.45. The first kappa shape index (κ1) is 8.72. The third kappa shape index (κ3) is 7.72. The van der Waals surface area contributed by atoms with E-state index in [2.05, 4.69) is 0 Å². The molecule has 0 nitrogen and oxygen atoms in total. The summed E-state index contributed by atoms with van der Waals surface area (Å²) in [5.41, 5.74) is 0. The Labute approximate surface area is 58.7 Å². The van der Waals surface area contributed by atoms with Gasteiger partial charge in [-0.2, -0.15) is 0 Å². The van der Waals surface area contributed by atoms with Crippen molar-refractivity contribution in [3.8, 4) is 0 Å². The molecule has 0 amide bonds. The molecule has 0 atom stereocenters. The molecule has 0 aromatic rings. The Hall–Kier alpha value is 1.72. The molecule has 0 aromatic heterocycles. The summed E-state index contributed by atoms with van der Waals surface area (Å²) in [6.45, 7) is 1.66. The van der Waals surface area contributed by atoms with Gasteiger partial charge in [0.1, 0.15) is 0 Å². The maximum atomic E-state index is 5.42. The van der Waals surface area contributed by atoms with Crippen LogP contribution >= 0.6 is 37.7 Å². The van der Waals surface area contributed by atoms with Crippen LogP contribution in [0.3, 0.4) is 0 Å². The second-order valence-corrected chi connectivity index (χ2v) is 36.5. The fourth-order valence-corrected chi connectivity index (χ4v) is 0. The molecule has 0 aromatic carbocycles. The van der Waals surface area contributed by atoms with Crippen LogP contribution in [-0.4, -0.2) is 4.40 Å². The average Bonchev–Trinajstić information content (AvgIpc) is 1.32. The minimum absolute atomic E-state index is 1.48. The van der Waals surface area contributed by atoms with Gasteiger partial charge in [0.05, 0.1) is 0 Å². The molecule has 0 N–H and O–H groups in total. The Morgan fingerprint density at radius 2 is 1.29 bits per heavy atom. The average molecular weight is 354 g/mol. The van der Waals surface area contributed by atoms with Crippen LogP contribution in [0.4, 0.5) is 0 Å². The van der Waals surface area contributed by atoms with E-state index in [-0.39, 0.29) is 0 Å². The first-order chi connectivity index (χ1) is 2.81. The van der Waals surface area contributed by atoms with Gasteiger partial charge in [-0.1, -0.05) is 0 Å². The Morgan fingerprint density at radius 3 is 1.29 bits per heavy atom. The van der Waals surface area contributed by atoms with Crippen molar-refractivity contribution in [3.05, 3.63) is 0 Å². The molecular formula is C2H4Cl4W. The van der Waals surface area contributed by atoms with E-state index in [1.54, 1.807) is 6.92 Å². The van der Waals surface area contributed by atoms with Crippen molar-refractivity contribution < 1.29 is 10.2 Å². The minimum atomic E-state index is -4.05. The standard InChI is InChI=1S/C2H4.4ClH.W/c1-2;;;;;/h1H,2H3;4*1H;/q;;;;;+4/p-4. The van der Waals surface area contributed by atoms with Gasteiger partial charge in [0, 0.05) is 0 Å². The van der Waals surface area contributed by atoms with Crippen molar-refractivity contribution in [2.75, 3.05) is 0 Å². The van der Waals surface area contributed by atoms with Crippen LogP contribution in [0.1, 0.15) is 6.92 Å². The van der Waals surface area contributed by atoms with Crippen LogP contribution in [0, 0.1) is 0 Å². The van der Waals surface area contributed by atoms with Gasteiger partial charge in [-0.25, -0.2) is 0 Å². The predicted octanol–water partition coefficient (Wildman–Crippen LogP) is 3.11. The zero-order chi connectivity index (χ0) is 6.15. The van der Waals surface area contributed by atoms with Crippen LogP contribution in [0.2, 0.25) is 0 Å². The zero-order valence-electron chi connectivity index (χ0n) is 3.50. The number of hydrogen-bond donors (Lipinski definition) is 0. The first-order valence-corrected chi connectivity index (χ1v) is 17.7. The molecule has 0 fully saturated rings. The van der Waals surface area contributed by atoms with E-state index in [1.165, 1.54) is 4.40 Å². The van der Waals surface area contributed by atoms with Gasteiger partial charge in [-0.3, -0.25) is 0 Å². The Bertz CT molecular complexity index is 107. The fraction of sp³-hybridized carbons (Fsp3) is 0.500. The third-order valence-electron chi connectivity index (χ3n) is 0.356. The molecule has 0 aliphatic carbocycles. The van der Waals surface area contributed by atoms with E-state index < -0.39 is 10.2 Å². The molecule has 0 aliphatic rings. The first-order valence-electron chi connectivity index (χ1n) is 1.43. The SMILES string of the molecule is C[CH]=[W]([Cl])([Cl])([Cl])[Cl]. The van der Waals surface area contributed by atoms with Gasteiger partial charge in [0.25, 0.3) is 0 Å². The van der Waals surface area contributed by atoms with Gasteiger partial charge in [-0.15, -0.1) is 0 Å². The normalized spacial score (nSPS) is 17.6. The van der Waals surface area contributed by atoms with Gasteiger partial charge in [0.15, 0.2) is 0 Å².